The van der Waals surface area contributed by atoms with Crippen molar-refractivity contribution in [1.29, 1.82) is 0 Å². The first kappa shape index (κ1) is 10.0. The average Bonchev–Trinajstić information content (AvgIpc) is 2.66. The summed E-state index contributed by atoms with van der Waals surface area (Å²) in [5, 5.41) is 2.23. The van der Waals surface area contributed by atoms with Crippen molar-refractivity contribution in [1.82, 2.24) is 0 Å². The zero-order valence-corrected chi connectivity index (χ0v) is 11.2. The first-order chi connectivity index (χ1) is 7.81. The zero-order valence-electron chi connectivity index (χ0n) is 9.52. The van der Waals surface area contributed by atoms with Gasteiger partial charge in [0.1, 0.15) is 0 Å². The van der Waals surface area contributed by atoms with Crippen LogP contribution in [0.4, 0.5) is 0 Å². The van der Waals surface area contributed by atoms with Crippen molar-refractivity contribution in [2.24, 2.45) is 17.8 Å². The molecule has 0 amide bonds. The fraction of sp³-hybridized carbons (Fsp3) is 0.714. The SMILES string of the molecule is c1csc(SC23CC4CC(CC(C4)C2)C3)c1. The summed E-state index contributed by atoms with van der Waals surface area (Å²) in [7, 11) is 0. The molecule has 0 aromatic carbocycles. The van der Waals surface area contributed by atoms with Crippen molar-refractivity contribution < 1.29 is 0 Å². The van der Waals surface area contributed by atoms with E-state index in [0.29, 0.717) is 4.75 Å². The third-order valence-electron chi connectivity index (χ3n) is 4.79. The van der Waals surface area contributed by atoms with Crippen LogP contribution in [0.25, 0.3) is 0 Å². The molecule has 4 saturated carbocycles. The lowest BCUT2D eigenvalue weighted by Crippen LogP contribution is -2.48. The van der Waals surface area contributed by atoms with Gasteiger partial charge in [-0.1, -0.05) is 6.07 Å². The Kier molecular flexibility index (Phi) is 2.20. The molecule has 0 spiro atoms. The third-order valence-corrected chi connectivity index (χ3v) is 7.26. The summed E-state index contributed by atoms with van der Waals surface area (Å²) in [4.78, 5) is 0. The summed E-state index contributed by atoms with van der Waals surface area (Å²) in [6.45, 7) is 0. The van der Waals surface area contributed by atoms with Gasteiger partial charge in [-0.25, -0.2) is 0 Å². The van der Waals surface area contributed by atoms with E-state index in [-0.39, 0.29) is 0 Å². The average molecular weight is 250 g/mol. The summed E-state index contributed by atoms with van der Waals surface area (Å²) < 4.78 is 2.21. The van der Waals surface area contributed by atoms with Gasteiger partial charge in [-0.05, 0) is 67.7 Å². The highest BCUT2D eigenvalue weighted by atomic mass is 32.2. The van der Waals surface area contributed by atoms with Gasteiger partial charge in [0.25, 0.3) is 0 Å². The van der Waals surface area contributed by atoms with Gasteiger partial charge in [-0.3, -0.25) is 0 Å². The van der Waals surface area contributed by atoms with Crippen molar-refractivity contribution in [3.05, 3.63) is 17.5 Å². The van der Waals surface area contributed by atoms with Gasteiger partial charge in [-0.15, -0.1) is 23.1 Å². The van der Waals surface area contributed by atoms with Gasteiger partial charge in [0.05, 0.1) is 4.21 Å². The molecule has 16 heavy (non-hydrogen) atoms. The molecule has 0 atom stereocenters. The Morgan fingerprint density at radius 2 is 1.69 bits per heavy atom. The van der Waals surface area contributed by atoms with Gasteiger partial charge in [0, 0.05) is 4.75 Å². The second kappa shape index (κ2) is 3.52. The Morgan fingerprint density at radius 1 is 1.06 bits per heavy atom. The molecule has 2 heteroatoms. The Balaban J connectivity index is 1.62. The lowest BCUT2D eigenvalue weighted by atomic mass is 9.56. The van der Waals surface area contributed by atoms with Crippen LogP contribution in [0.1, 0.15) is 38.5 Å². The van der Waals surface area contributed by atoms with Gasteiger partial charge in [-0.2, -0.15) is 0 Å². The maximum atomic E-state index is 2.31. The van der Waals surface area contributed by atoms with Gasteiger partial charge in [0.2, 0.25) is 0 Å². The molecule has 86 valence electrons. The first-order valence-corrected chi connectivity index (χ1v) is 8.23. The zero-order chi connectivity index (χ0) is 10.6. The van der Waals surface area contributed by atoms with Crippen LogP contribution in [0, 0.1) is 17.8 Å². The summed E-state index contributed by atoms with van der Waals surface area (Å²) in [6, 6.07) is 4.52. The van der Waals surface area contributed by atoms with E-state index in [9.17, 15) is 0 Å². The van der Waals surface area contributed by atoms with Crippen LogP contribution < -0.4 is 0 Å². The van der Waals surface area contributed by atoms with Crippen LogP contribution in [0.15, 0.2) is 21.7 Å². The fourth-order valence-corrected chi connectivity index (χ4v) is 7.56. The second-order valence-corrected chi connectivity index (χ2v) is 8.85. The number of hydrogen-bond donors (Lipinski definition) is 0. The molecule has 5 rings (SSSR count). The first-order valence-electron chi connectivity index (χ1n) is 6.54. The van der Waals surface area contributed by atoms with Crippen LogP contribution in [0.2, 0.25) is 0 Å². The summed E-state index contributed by atoms with van der Waals surface area (Å²) in [5.41, 5.74) is 0. The van der Waals surface area contributed by atoms with E-state index in [1.54, 1.807) is 23.5 Å². The molecule has 4 aliphatic carbocycles. The molecule has 0 unspecified atom stereocenters. The lowest BCUT2D eigenvalue weighted by molar-refractivity contribution is 0.0384. The summed E-state index contributed by atoms with van der Waals surface area (Å²) >= 11 is 4.16. The van der Waals surface area contributed by atoms with Crippen LogP contribution in [0.5, 0.6) is 0 Å². The van der Waals surface area contributed by atoms with Crippen LogP contribution in [-0.4, -0.2) is 4.75 Å². The Hall–Kier alpha value is 0.0500. The predicted octanol–water partition coefficient (Wildman–Crippen LogP) is 4.81. The highest BCUT2D eigenvalue weighted by Gasteiger charge is 2.51. The van der Waals surface area contributed by atoms with Gasteiger partial charge < -0.3 is 0 Å². The summed E-state index contributed by atoms with van der Waals surface area (Å²) in [5.74, 6) is 3.25. The monoisotopic (exact) mass is 250 g/mol. The Morgan fingerprint density at radius 3 is 2.19 bits per heavy atom. The molecule has 1 aromatic heterocycles. The number of rotatable bonds is 2. The molecule has 4 bridgehead atoms. The standard InChI is InChI=1S/C14H18S2/c1-2-13(15-3-1)16-14-7-10-4-11(8-14)6-12(5-10)9-14/h1-3,10-12H,4-9H2. The molecular formula is C14H18S2. The number of hydrogen-bond acceptors (Lipinski definition) is 2. The number of thioether (sulfide) groups is 1. The van der Waals surface area contributed by atoms with E-state index in [4.69, 9.17) is 0 Å². The fourth-order valence-electron chi connectivity index (χ4n) is 4.69. The van der Waals surface area contributed by atoms with Crippen molar-refractivity contribution in [2.75, 3.05) is 0 Å². The summed E-state index contributed by atoms with van der Waals surface area (Å²) in [6.07, 6.45) is 9.23. The van der Waals surface area contributed by atoms with E-state index in [1.165, 1.54) is 19.3 Å². The van der Waals surface area contributed by atoms with Crippen molar-refractivity contribution in [3.63, 3.8) is 0 Å². The maximum Gasteiger partial charge on any atom is 0.0603 e. The van der Waals surface area contributed by atoms with Crippen LogP contribution in [0.3, 0.4) is 0 Å². The Labute approximate surface area is 106 Å². The molecule has 0 N–H and O–H groups in total. The molecular weight excluding hydrogens is 232 g/mol. The quantitative estimate of drug-likeness (QED) is 0.726. The molecule has 0 aliphatic heterocycles. The minimum Gasteiger partial charge on any atom is -0.137 e. The van der Waals surface area contributed by atoms with E-state index in [0.717, 1.165) is 17.8 Å². The predicted molar refractivity (Wildman–Crippen MR) is 71.1 cm³/mol. The van der Waals surface area contributed by atoms with Crippen LogP contribution in [-0.2, 0) is 0 Å². The smallest absolute Gasteiger partial charge is 0.0603 e. The van der Waals surface area contributed by atoms with Crippen LogP contribution >= 0.6 is 23.1 Å². The van der Waals surface area contributed by atoms with E-state index < -0.39 is 0 Å². The van der Waals surface area contributed by atoms with Gasteiger partial charge >= 0.3 is 0 Å². The molecule has 4 fully saturated rings. The van der Waals surface area contributed by atoms with Crippen molar-refractivity contribution in [2.45, 2.75) is 47.5 Å². The largest absolute Gasteiger partial charge is 0.137 e. The molecule has 0 radical (unpaired) electrons. The molecule has 1 aromatic rings. The van der Waals surface area contributed by atoms with E-state index >= 15 is 0 Å². The second-order valence-electron chi connectivity index (χ2n) is 6.13. The minimum absolute atomic E-state index is 0.652. The van der Waals surface area contributed by atoms with Crippen molar-refractivity contribution in [3.8, 4) is 0 Å². The molecule has 0 nitrogen and oxygen atoms in total. The maximum absolute atomic E-state index is 2.31. The van der Waals surface area contributed by atoms with E-state index in [1.807, 2.05) is 11.3 Å². The van der Waals surface area contributed by atoms with Crippen molar-refractivity contribution >= 4 is 23.1 Å². The molecule has 1 heterocycles. The van der Waals surface area contributed by atoms with E-state index in [2.05, 4.69) is 29.3 Å². The van der Waals surface area contributed by atoms with Gasteiger partial charge in [0.15, 0.2) is 0 Å². The minimum atomic E-state index is 0.652. The highest BCUT2D eigenvalue weighted by molar-refractivity contribution is 8.02. The Bertz CT molecular complexity index is 344. The molecule has 4 aliphatic rings. The third kappa shape index (κ3) is 1.57. The molecule has 0 saturated heterocycles. The normalized spacial score (nSPS) is 45.1. The lowest BCUT2D eigenvalue weighted by Gasteiger charge is -2.56. The topological polar surface area (TPSA) is 0 Å². The number of thiophene rings is 1. The highest BCUT2D eigenvalue weighted by Crippen LogP contribution is 2.62.